The van der Waals surface area contributed by atoms with Gasteiger partial charge in [0.15, 0.2) is 5.78 Å². The Hall–Kier alpha value is -1.12. The fourth-order valence-electron chi connectivity index (χ4n) is 1.89. The minimum absolute atomic E-state index is 0.0530. The highest BCUT2D eigenvalue weighted by Crippen LogP contribution is 2.38. The predicted molar refractivity (Wildman–Crippen MR) is 57.4 cm³/mol. The molecule has 0 N–H and O–H groups in total. The molecule has 1 atom stereocenters. The maximum absolute atomic E-state index is 12.0. The molecule has 0 aliphatic heterocycles. The molecule has 1 aliphatic carbocycles. The summed E-state index contributed by atoms with van der Waals surface area (Å²) in [5.41, 5.74) is -0.148. The van der Waals surface area contributed by atoms with E-state index in [9.17, 15) is 9.59 Å². The van der Waals surface area contributed by atoms with Gasteiger partial charge in [-0.1, -0.05) is 13.0 Å². The Morgan fingerprint density at radius 2 is 2.20 bits per heavy atom. The Kier molecular flexibility index (Phi) is 3.66. The van der Waals surface area contributed by atoms with Crippen molar-refractivity contribution in [3.63, 3.8) is 0 Å². The van der Waals surface area contributed by atoms with Crippen LogP contribution < -0.4 is 0 Å². The summed E-state index contributed by atoms with van der Waals surface area (Å²) in [4.78, 5) is 23.6. The molecule has 1 saturated carbocycles. The summed E-state index contributed by atoms with van der Waals surface area (Å²) in [6.45, 7) is 5.75. The van der Waals surface area contributed by atoms with Crippen LogP contribution in [0.1, 0.15) is 40.0 Å². The van der Waals surface area contributed by atoms with Gasteiger partial charge in [-0.2, -0.15) is 0 Å². The first kappa shape index (κ1) is 12.0. The molecule has 0 aromatic heterocycles. The van der Waals surface area contributed by atoms with Gasteiger partial charge >= 0.3 is 5.97 Å². The normalized spacial score (nSPS) is 28.5. The Morgan fingerprint density at radius 3 is 2.73 bits per heavy atom. The molecule has 3 nitrogen and oxygen atoms in total. The molecule has 1 unspecified atom stereocenters. The minimum Gasteiger partial charge on any atom is -0.465 e. The summed E-state index contributed by atoms with van der Waals surface area (Å²) in [7, 11) is 0. The van der Waals surface area contributed by atoms with Crippen LogP contribution in [0.3, 0.4) is 0 Å². The van der Waals surface area contributed by atoms with Gasteiger partial charge in [-0.3, -0.25) is 9.59 Å². The monoisotopic (exact) mass is 210 g/mol. The van der Waals surface area contributed by atoms with Crippen molar-refractivity contribution in [3.05, 3.63) is 11.6 Å². The molecular weight excluding hydrogens is 192 g/mol. The number of carbonyl (C=O) groups is 2. The molecule has 15 heavy (non-hydrogen) atoms. The summed E-state index contributed by atoms with van der Waals surface area (Å²) in [6.07, 6.45) is 4.02. The van der Waals surface area contributed by atoms with Gasteiger partial charge in [-0.15, -0.1) is 0 Å². The third kappa shape index (κ3) is 2.11. The van der Waals surface area contributed by atoms with Crippen molar-refractivity contribution in [1.82, 2.24) is 0 Å². The van der Waals surface area contributed by atoms with Gasteiger partial charge in [0.1, 0.15) is 5.41 Å². The van der Waals surface area contributed by atoms with Gasteiger partial charge in [-0.25, -0.2) is 0 Å². The minimum atomic E-state index is -0.934. The molecule has 84 valence electrons. The van der Waals surface area contributed by atoms with Gasteiger partial charge in [0, 0.05) is 0 Å². The van der Waals surface area contributed by atoms with Crippen molar-refractivity contribution in [2.75, 3.05) is 6.61 Å². The van der Waals surface area contributed by atoms with Crippen LogP contribution in [0.2, 0.25) is 0 Å². The number of rotatable bonds is 3. The van der Waals surface area contributed by atoms with Gasteiger partial charge in [0.05, 0.1) is 6.61 Å². The number of carbonyl (C=O) groups excluding carboxylic acids is 2. The first-order chi connectivity index (χ1) is 7.06. The van der Waals surface area contributed by atoms with E-state index in [0.29, 0.717) is 19.4 Å². The molecule has 0 bridgehead atoms. The molecule has 0 aromatic carbocycles. The molecule has 3 heteroatoms. The van der Waals surface area contributed by atoms with Crippen molar-refractivity contribution in [1.29, 1.82) is 0 Å². The van der Waals surface area contributed by atoms with Gasteiger partial charge in [0.25, 0.3) is 0 Å². The van der Waals surface area contributed by atoms with Crippen LogP contribution >= 0.6 is 0 Å². The second kappa shape index (κ2) is 4.60. The number of ether oxygens (including phenoxy) is 1. The van der Waals surface area contributed by atoms with E-state index in [1.165, 1.54) is 0 Å². The summed E-state index contributed by atoms with van der Waals surface area (Å²) < 4.78 is 4.94. The lowest BCUT2D eigenvalue weighted by molar-refractivity contribution is -0.157. The number of hydrogen-bond donors (Lipinski definition) is 0. The van der Waals surface area contributed by atoms with E-state index in [-0.39, 0.29) is 11.8 Å². The molecular formula is C12H18O3. The van der Waals surface area contributed by atoms with Crippen molar-refractivity contribution in [2.45, 2.75) is 40.0 Å². The van der Waals surface area contributed by atoms with Crippen LogP contribution in [0.15, 0.2) is 11.6 Å². The fraction of sp³-hybridized carbons (Fsp3) is 0.667. The predicted octanol–water partition coefficient (Wildman–Crippen LogP) is 2.26. The lowest BCUT2D eigenvalue weighted by atomic mass is 9.87. The number of Topliss-reactive ketones (excluding diaryl/α,β-unsaturated/α-hetero) is 1. The number of ketones is 1. The van der Waals surface area contributed by atoms with E-state index in [1.807, 2.05) is 13.0 Å². The van der Waals surface area contributed by atoms with E-state index in [4.69, 9.17) is 4.74 Å². The molecule has 0 aromatic rings. The number of esters is 1. The SMILES string of the molecule is CC/C=C1\CCC(C)(C(=O)OCC)C1=O. The molecule has 0 amide bonds. The highest BCUT2D eigenvalue weighted by molar-refractivity contribution is 6.13. The topological polar surface area (TPSA) is 43.4 Å². The Bertz CT molecular complexity index is 304. The van der Waals surface area contributed by atoms with E-state index in [0.717, 1.165) is 12.0 Å². The van der Waals surface area contributed by atoms with E-state index < -0.39 is 5.41 Å². The van der Waals surface area contributed by atoms with E-state index >= 15 is 0 Å². The molecule has 0 spiro atoms. The highest BCUT2D eigenvalue weighted by Gasteiger charge is 2.47. The molecule has 0 heterocycles. The van der Waals surface area contributed by atoms with Crippen LogP contribution in [0.25, 0.3) is 0 Å². The second-order valence-corrected chi connectivity index (χ2v) is 4.02. The van der Waals surface area contributed by atoms with Gasteiger partial charge < -0.3 is 4.74 Å². The fourth-order valence-corrected chi connectivity index (χ4v) is 1.89. The summed E-state index contributed by atoms with van der Waals surface area (Å²) >= 11 is 0. The van der Waals surface area contributed by atoms with Crippen LogP contribution in [0.4, 0.5) is 0 Å². The quantitative estimate of drug-likeness (QED) is 0.407. The molecule has 1 rings (SSSR count). The third-order valence-electron chi connectivity index (χ3n) is 2.86. The van der Waals surface area contributed by atoms with Crippen molar-refractivity contribution in [3.8, 4) is 0 Å². The summed E-state index contributed by atoms with van der Waals surface area (Å²) in [6, 6.07) is 0. The second-order valence-electron chi connectivity index (χ2n) is 4.02. The van der Waals surface area contributed by atoms with Crippen LogP contribution in [-0.2, 0) is 14.3 Å². The molecule has 0 saturated heterocycles. The Balaban J connectivity index is 2.85. The summed E-state index contributed by atoms with van der Waals surface area (Å²) in [5.74, 6) is -0.433. The molecule has 1 fully saturated rings. The average Bonchev–Trinajstić information content (AvgIpc) is 2.49. The zero-order valence-corrected chi connectivity index (χ0v) is 9.63. The lowest BCUT2D eigenvalue weighted by Gasteiger charge is -2.18. The Morgan fingerprint density at radius 1 is 1.53 bits per heavy atom. The van der Waals surface area contributed by atoms with Crippen LogP contribution in [0, 0.1) is 5.41 Å². The third-order valence-corrected chi connectivity index (χ3v) is 2.86. The largest absolute Gasteiger partial charge is 0.465 e. The van der Waals surface area contributed by atoms with Crippen molar-refractivity contribution >= 4 is 11.8 Å². The van der Waals surface area contributed by atoms with Crippen molar-refractivity contribution in [2.24, 2.45) is 5.41 Å². The lowest BCUT2D eigenvalue weighted by Crippen LogP contribution is -2.34. The molecule has 0 radical (unpaired) electrons. The summed E-state index contributed by atoms with van der Waals surface area (Å²) in [5, 5.41) is 0. The first-order valence-corrected chi connectivity index (χ1v) is 5.47. The Labute approximate surface area is 90.5 Å². The maximum Gasteiger partial charge on any atom is 0.319 e. The average molecular weight is 210 g/mol. The first-order valence-electron chi connectivity index (χ1n) is 5.47. The number of hydrogen-bond acceptors (Lipinski definition) is 3. The van der Waals surface area contributed by atoms with E-state index in [1.54, 1.807) is 13.8 Å². The van der Waals surface area contributed by atoms with Gasteiger partial charge in [0.2, 0.25) is 0 Å². The van der Waals surface area contributed by atoms with E-state index in [2.05, 4.69) is 0 Å². The standard InChI is InChI=1S/C12H18O3/c1-4-6-9-7-8-12(3,10(9)13)11(14)15-5-2/h6H,4-5,7-8H2,1-3H3/b9-6+. The smallest absolute Gasteiger partial charge is 0.319 e. The van der Waals surface area contributed by atoms with Gasteiger partial charge in [-0.05, 0) is 38.7 Å². The van der Waals surface area contributed by atoms with Crippen LogP contribution in [-0.4, -0.2) is 18.4 Å². The number of allylic oxidation sites excluding steroid dienone is 2. The van der Waals surface area contributed by atoms with Crippen molar-refractivity contribution < 1.29 is 14.3 Å². The van der Waals surface area contributed by atoms with Crippen LogP contribution in [0.5, 0.6) is 0 Å². The zero-order chi connectivity index (χ0) is 11.5. The highest BCUT2D eigenvalue weighted by atomic mass is 16.5. The maximum atomic E-state index is 12.0. The zero-order valence-electron chi connectivity index (χ0n) is 9.63. The molecule has 1 aliphatic rings.